The van der Waals surface area contributed by atoms with Crippen LogP contribution in [-0.2, 0) is 14.3 Å². The number of hydrogen-bond donors (Lipinski definition) is 1. The zero-order valence-corrected chi connectivity index (χ0v) is 29.7. The van der Waals surface area contributed by atoms with E-state index in [9.17, 15) is 9.59 Å². The molecule has 0 spiro atoms. The van der Waals surface area contributed by atoms with Gasteiger partial charge in [-0.2, -0.15) is 0 Å². The molecule has 0 amide bonds. The van der Waals surface area contributed by atoms with E-state index in [0.29, 0.717) is 19.3 Å². The van der Waals surface area contributed by atoms with Crippen LogP contribution >= 0.6 is 0 Å². The summed E-state index contributed by atoms with van der Waals surface area (Å²) >= 11 is 0. The van der Waals surface area contributed by atoms with Crippen LogP contribution in [0.2, 0.25) is 0 Å². The van der Waals surface area contributed by atoms with E-state index in [4.69, 9.17) is 9.84 Å². The molecule has 0 aliphatic rings. The van der Waals surface area contributed by atoms with Gasteiger partial charge in [0.15, 0.2) is 0 Å². The van der Waals surface area contributed by atoms with Crippen molar-refractivity contribution in [2.45, 2.75) is 232 Å². The van der Waals surface area contributed by atoms with Crippen LogP contribution in [0.3, 0.4) is 0 Å². The number of carboxylic acid groups (broad SMARTS) is 1. The topological polar surface area (TPSA) is 63.6 Å². The van der Waals surface area contributed by atoms with E-state index < -0.39 is 5.97 Å². The van der Waals surface area contributed by atoms with E-state index in [-0.39, 0.29) is 18.5 Å². The molecule has 4 heteroatoms. The summed E-state index contributed by atoms with van der Waals surface area (Å²) in [6, 6.07) is 0. The van der Waals surface area contributed by atoms with Crippen molar-refractivity contribution in [2.75, 3.05) is 0 Å². The average molecular weight is 621 g/mol. The molecule has 44 heavy (non-hydrogen) atoms. The van der Waals surface area contributed by atoms with Crippen molar-refractivity contribution in [1.82, 2.24) is 0 Å². The number of ether oxygens (including phenoxy) is 1. The highest BCUT2D eigenvalue weighted by Gasteiger charge is 2.15. The summed E-state index contributed by atoms with van der Waals surface area (Å²) in [6.45, 7) is 4.54. The van der Waals surface area contributed by atoms with E-state index >= 15 is 0 Å². The van der Waals surface area contributed by atoms with Crippen molar-refractivity contribution >= 4 is 11.9 Å². The Morgan fingerprint density at radius 2 is 0.841 bits per heavy atom. The molecule has 0 rings (SSSR count). The van der Waals surface area contributed by atoms with Crippen LogP contribution in [0.15, 0.2) is 12.2 Å². The third-order valence-electron chi connectivity index (χ3n) is 8.99. The van der Waals surface area contributed by atoms with Gasteiger partial charge in [0.25, 0.3) is 0 Å². The molecule has 1 unspecified atom stereocenters. The number of unbranched alkanes of at least 4 members (excludes halogenated alkanes) is 25. The molecule has 0 radical (unpaired) electrons. The normalized spacial score (nSPS) is 12.2. The fourth-order valence-corrected chi connectivity index (χ4v) is 6.07. The van der Waals surface area contributed by atoms with Gasteiger partial charge in [-0.1, -0.05) is 167 Å². The molecule has 1 N–H and O–H groups in total. The predicted octanol–water partition coefficient (Wildman–Crippen LogP) is 13.5. The number of rotatable bonds is 36. The van der Waals surface area contributed by atoms with Crippen molar-refractivity contribution in [3.63, 3.8) is 0 Å². The summed E-state index contributed by atoms with van der Waals surface area (Å²) in [7, 11) is 0. The Morgan fingerprint density at radius 1 is 0.477 bits per heavy atom. The lowest BCUT2D eigenvalue weighted by atomic mass is 10.0. The zero-order chi connectivity index (χ0) is 32.2. The minimum absolute atomic E-state index is 0.0900. The van der Waals surface area contributed by atoms with Gasteiger partial charge in [0, 0.05) is 12.8 Å². The lowest BCUT2D eigenvalue weighted by molar-refractivity contribution is -0.150. The summed E-state index contributed by atoms with van der Waals surface area (Å²) in [5, 5.41) is 9.01. The second-order valence-electron chi connectivity index (χ2n) is 13.5. The number of aliphatic carboxylic acids is 1. The Kier molecular flexibility index (Phi) is 35.1. The minimum Gasteiger partial charge on any atom is -0.481 e. The molecule has 0 aromatic rings. The summed E-state index contributed by atoms with van der Waals surface area (Å²) in [5.41, 5.74) is 0. The molecule has 4 nitrogen and oxygen atoms in total. The number of esters is 1. The largest absolute Gasteiger partial charge is 0.481 e. The highest BCUT2D eigenvalue weighted by molar-refractivity contribution is 5.69. The molecule has 0 bridgehead atoms. The van der Waals surface area contributed by atoms with Crippen LogP contribution in [0.5, 0.6) is 0 Å². The van der Waals surface area contributed by atoms with Crippen LogP contribution in [0, 0.1) is 0 Å². The van der Waals surface area contributed by atoms with Crippen LogP contribution in [0.4, 0.5) is 0 Å². The van der Waals surface area contributed by atoms with E-state index in [0.717, 1.165) is 25.7 Å². The van der Waals surface area contributed by atoms with Crippen LogP contribution in [0.1, 0.15) is 226 Å². The molecule has 0 aliphatic heterocycles. The number of carbonyl (C=O) groups is 2. The first-order chi connectivity index (χ1) is 21.6. The van der Waals surface area contributed by atoms with Gasteiger partial charge in [-0.05, 0) is 57.8 Å². The Hall–Kier alpha value is -1.32. The third-order valence-corrected chi connectivity index (χ3v) is 8.99. The van der Waals surface area contributed by atoms with Gasteiger partial charge in [-0.3, -0.25) is 9.59 Å². The maximum absolute atomic E-state index is 12.5. The first-order valence-corrected chi connectivity index (χ1v) is 19.7. The molecule has 0 aliphatic carbocycles. The van der Waals surface area contributed by atoms with E-state index in [1.54, 1.807) is 0 Å². The quantitative estimate of drug-likeness (QED) is 0.0430. The lowest BCUT2D eigenvalue weighted by Crippen LogP contribution is -2.18. The van der Waals surface area contributed by atoms with Crippen LogP contribution in [-0.4, -0.2) is 23.1 Å². The molecule has 0 saturated heterocycles. The smallest absolute Gasteiger partial charge is 0.306 e. The number of carbonyl (C=O) groups excluding carboxylic acids is 1. The van der Waals surface area contributed by atoms with Crippen molar-refractivity contribution in [1.29, 1.82) is 0 Å². The van der Waals surface area contributed by atoms with E-state index in [1.807, 2.05) is 0 Å². The second-order valence-corrected chi connectivity index (χ2v) is 13.5. The average Bonchev–Trinajstić information content (AvgIpc) is 3.00. The Labute approximate surface area is 275 Å². The SMILES string of the molecule is CCCCCCCC/C=C\CCCCCCCCCC(=O)OC(CCCCCCCCCCCCCCC)CCCC(=O)O. The Balaban J connectivity index is 3.78. The molecule has 0 aromatic carbocycles. The first-order valence-electron chi connectivity index (χ1n) is 19.7. The highest BCUT2D eigenvalue weighted by atomic mass is 16.5. The van der Waals surface area contributed by atoms with Crippen LogP contribution in [0.25, 0.3) is 0 Å². The summed E-state index contributed by atoms with van der Waals surface area (Å²) in [4.78, 5) is 23.5. The fraction of sp³-hybridized carbons (Fsp3) is 0.900. The van der Waals surface area contributed by atoms with Gasteiger partial charge in [-0.25, -0.2) is 0 Å². The molecule has 0 heterocycles. The minimum atomic E-state index is -0.768. The van der Waals surface area contributed by atoms with Gasteiger partial charge in [0.1, 0.15) is 6.10 Å². The molecule has 0 aromatic heterocycles. The van der Waals surface area contributed by atoms with Gasteiger partial charge < -0.3 is 9.84 Å². The number of allylic oxidation sites excluding steroid dienone is 2. The van der Waals surface area contributed by atoms with Gasteiger partial charge in [-0.15, -0.1) is 0 Å². The van der Waals surface area contributed by atoms with E-state index in [1.165, 1.54) is 161 Å². The number of hydrogen-bond acceptors (Lipinski definition) is 3. The van der Waals surface area contributed by atoms with Crippen molar-refractivity contribution in [3.05, 3.63) is 12.2 Å². The Bertz CT molecular complexity index is 629. The highest BCUT2D eigenvalue weighted by Crippen LogP contribution is 2.18. The van der Waals surface area contributed by atoms with E-state index in [2.05, 4.69) is 26.0 Å². The molecular formula is C40H76O4. The summed E-state index contributed by atoms with van der Waals surface area (Å²) in [6.07, 6.45) is 43.7. The standard InChI is InChI=1S/C40H76O4/c1-3-5-7-9-11-13-15-17-18-19-20-22-24-26-28-30-32-37-40(43)44-38(35-33-36-39(41)42)34-31-29-27-25-23-21-16-14-12-10-8-6-4-2/h17-18,38H,3-16,19-37H2,1-2H3,(H,41,42)/b18-17-. The first kappa shape index (κ1) is 42.7. The summed E-state index contributed by atoms with van der Waals surface area (Å²) in [5.74, 6) is -0.858. The number of carboxylic acids is 1. The van der Waals surface area contributed by atoms with Gasteiger partial charge >= 0.3 is 11.9 Å². The molecule has 1 atom stereocenters. The van der Waals surface area contributed by atoms with Gasteiger partial charge in [0.05, 0.1) is 0 Å². The molecular weight excluding hydrogens is 544 g/mol. The molecule has 0 saturated carbocycles. The summed E-state index contributed by atoms with van der Waals surface area (Å²) < 4.78 is 5.83. The third kappa shape index (κ3) is 35.2. The second kappa shape index (κ2) is 36.2. The lowest BCUT2D eigenvalue weighted by Gasteiger charge is -2.18. The monoisotopic (exact) mass is 621 g/mol. The van der Waals surface area contributed by atoms with Crippen molar-refractivity contribution < 1.29 is 19.4 Å². The van der Waals surface area contributed by atoms with Crippen molar-refractivity contribution in [2.24, 2.45) is 0 Å². The maximum Gasteiger partial charge on any atom is 0.306 e. The molecule has 0 fully saturated rings. The maximum atomic E-state index is 12.5. The van der Waals surface area contributed by atoms with Crippen molar-refractivity contribution in [3.8, 4) is 0 Å². The predicted molar refractivity (Wildman–Crippen MR) is 190 cm³/mol. The Morgan fingerprint density at radius 3 is 1.27 bits per heavy atom. The van der Waals surface area contributed by atoms with Gasteiger partial charge in [0.2, 0.25) is 0 Å². The molecule has 260 valence electrons. The zero-order valence-electron chi connectivity index (χ0n) is 29.7. The van der Waals surface area contributed by atoms with Crippen LogP contribution < -0.4 is 0 Å². The fourth-order valence-electron chi connectivity index (χ4n) is 6.07.